The largest absolute Gasteiger partial charge is 0.392 e. The topological polar surface area (TPSA) is 35.5 Å². The Hall–Kier alpha value is -0.580. The molecule has 3 nitrogen and oxygen atoms in total. The van der Waals surface area contributed by atoms with Crippen LogP contribution >= 0.6 is 24.8 Å². The molecule has 2 rings (SSSR count). The molecule has 0 atom stereocenters. The van der Waals surface area contributed by atoms with Crippen molar-refractivity contribution < 1.29 is 5.11 Å². The first kappa shape index (κ1) is 18.4. The lowest BCUT2D eigenvalue weighted by Gasteiger charge is -2.27. The van der Waals surface area contributed by atoms with Crippen molar-refractivity contribution in [2.24, 2.45) is 0 Å². The van der Waals surface area contributed by atoms with Crippen LogP contribution in [0, 0.1) is 0 Å². The van der Waals surface area contributed by atoms with Crippen LogP contribution in [0.3, 0.4) is 0 Å². The summed E-state index contributed by atoms with van der Waals surface area (Å²) in [6.07, 6.45) is 3.69. The molecule has 0 aliphatic carbocycles. The van der Waals surface area contributed by atoms with Gasteiger partial charge in [-0.1, -0.05) is 36.4 Å². The van der Waals surface area contributed by atoms with Crippen molar-refractivity contribution in [3.05, 3.63) is 41.5 Å². The Morgan fingerprint density at radius 1 is 1.11 bits per heavy atom. The van der Waals surface area contributed by atoms with E-state index in [1.807, 2.05) is 6.08 Å². The Labute approximate surface area is 127 Å². The smallest absolute Gasteiger partial charge is 0.0615 e. The highest BCUT2D eigenvalue weighted by Gasteiger charge is 2.09. The molecule has 1 heterocycles. The van der Waals surface area contributed by atoms with Gasteiger partial charge in [-0.25, -0.2) is 0 Å². The first-order valence-corrected chi connectivity index (χ1v) is 6.18. The molecule has 0 unspecified atom stereocenters. The second kappa shape index (κ2) is 10.2. The van der Waals surface area contributed by atoms with E-state index >= 15 is 0 Å². The zero-order valence-electron chi connectivity index (χ0n) is 10.9. The summed E-state index contributed by atoms with van der Waals surface area (Å²) in [5, 5.41) is 12.1. The molecule has 0 spiro atoms. The zero-order chi connectivity index (χ0) is 11.9. The lowest BCUT2D eigenvalue weighted by Crippen LogP contribution is -2.42. The van der Waals surface area contributed by atoms with Gasteiger partial charge in [-0.15, -0.1) is 24.8 Å². The van der Waals surface area contributed by atoms with Gasteiger partial charge in [0.2, 0.25) is 0 Å². The van der Waals surface area contributed by atoms with Crippen LogP contribution in [0.25, 0.3) is 6.08 Å². The SMILES string of the molecule is Cl.Cl.OC/C=C/c1ccc(CN2CCNCC2)cc1. The van der Waals surface area contributed by atoms with Crippen molar-refractivity contribution in [2.75, 3.05) is 32.8 Å². The van der Waals surface area contributed by atoms with Gasteiger partial charge in [0.15, 0.2) is 0 Å². The van der Waals surface area contributed by atoms with Gasteiger partial charge in [-0.3, -0.25) is 4.90 Å². The average Bonchev–Trinajstić information content (AvgIpc) is 2.39. The molecule has 1 fully saturated rings. The average molecular weight is 305 g/mol. The predicted molar refractivity (Wildman–Crippen MR) is 85.2 cm³/mol. The zero-order valence-corrected chi connectivity index (χ0v) is 12.6. The van der Waals surface area contributed by atoms with Gasteiger partial charge in [-0.05, 0) is 11.1 Å². The van der Waals surface area contributed by atoms with Crippen LogP contribution < -0.4 is 5.32 Å². The molecule has 19 heavy (non-hydrogen) atoms. The van der Waals surface area contributed by atoms with Crippen molar-refractivity contribution in [1.29, 1.82) is 0 Å². The number of aliphatic hydroxyl groups excluding tert-OH is 1. The number of piperazine rings is 1. The summed E-state index contributed by atoms with van der Waals surface area (Å²) in [7, 11) is 0. The minimum atomic E-state index is 0. The second-order valence-corrected chi connectivity index (χ2v) is 4.35. The summed E-state index contributed by atoms with van der Waals surface area (Å²) in [4.78, 5) is 2.47. The van der Waals surface area contributed by atoms with E-state index in [1.165, 1.54) is 5.56 Å². The molecule has 0 bridgehead atoms. The Balaban J connectivity index is 0.00000162. The van der Waals surface area contributed by atoms with Crippen LogP contribution in [0.4, 0.5) is 0 Å². The summed E-state index contributed by atoms with van der Waals surface area (Å²) < 4.78 is 0. The van der Waals surface area contributed by atoms with Crippen LogP contribution in [0.5, 0.6) is 0 Å². The molecule has 1 saturated heterocycles. The highest BCUT2D eigenvalue weighted by Crippen LogP contribution is 2.09. The van der Waals surface area contributed by atoms with Crippen LogP contribution in [0.1, 0.15) is 11.1 Å². The Kier molecular flexibility index (Phi) is 9.92. The molecule has 0 radical (unpaired) electrons. The summed E-state index contributed by atoms with van der Waals surface area (Å²) in [6, 6.07) is 8.53. The molecule has 1 aliphatic heterocycles. The van der Waals surface area contributed by atoms with E-state index in [1.54, 1.807) is 6.08 Å². The molecular formula is C14H22Cl2N2O. The number of halogens is 2. The number of nitrogens with one attached hydrogen (secondary N) is 1. The molecule has 2 N–H and O–H groups in total. The van der Waals surface area contributed by atoms with Crippen LogP contribution in [0.2, 0.25) is 0 Å². The second-order valence-electron chi connectivity index (χ2n) is 4.35. The first-order valence-electron chi connectivity index (χ1n) is 6.18. The highest BCUT2D eigenvalue weighted by atomic mass is 35.5. The molecule has 1 aliphatic rings. The molecule has 1 aromatic carbocycles. The quantitative estimate of drug-likeness (QED) is 0.892. The van der Waals surface area contributed by atoms with Gasteiger partial charge in [0.25, 0.3) is 0 Å². The number of hydrogen-bond acceptors (Lipinski definition) is 3. The van der Waals surface area contributed by atoms with Gasteiger partial charge in [0, 0.05) is 32.7 Å². The maximum absolute atomic E-state index is 8.70. The van der Waals surface area contributed by atoms with Gasteiger partial charge < -0.3 is 10.4 Å². The molecule has 0 amide bonds. The van der Waals surface area contributed by atoms with Crippen LogP contribution in [0.15, 0.2) is 30.3 Å². The van der Waals surface area contributed by atoms with Gasteiger partial charge >= 0.3 is 0 Å². The molecular weight excluding hydrogens is 283 g/mol. The predicted octanol–water partition coefficient (Wildman–Crippen LogP) is 1.94. The first-order chi connectivity index (χ1) is 8.38. The van der Waals surface area contributed by atoms with Crippen LogP contribution in [-0.2, 0) is 6.54 Å². The fourth-order valence-corrected chi connectivity index (χ4v) is 2.05. The van der Waals surface area contributed by atoms with E-state index in [0.29, 0.717) is 0 Å². The van der Waals surface area contributed by atoms with Gasteiger partial charge in [-0.2, -0.15) is 0 Å². The molecule has 0 aromatic heterocycles. The Morgan fingerprint density at radius 2 is 1.74 bits per heavy atom. The highest BCUT2D eigenvalue weighted by molar-refractivity contribution is 5.85. The standard InChI is InChI=1S/C14H20N2O.2ClH/c17-11-1-2-13-3-5-14(6-4-13)12-16-9-7-15-8-10-16;;/h1-6,15,17H,7-12H2;2*1H/b2-1+;;. The van der Waals surface area contributed by atoms with Crippen molar-refractivity contribution in [3.8, 4) is 0 Å². The maximum atomic E-state index is 8.70. The fraction of sp³-hybridized carbons (Fsp3) is 0.429. The summed E-state index contributed by atoms with van der Waals surface area (Å²) >= 11 is 0. The van der Waals surface area contributed by atoms with Gasteiger partial charge in [0.05, 0.1) is 6.61 Å². The number of nitrogens with zero attached hydrogens (tertiary/aromatic N) is 1. The summed E-state index contributed by atoms with van der Waals surface area (Å²) in [5.74, 6) is 0. The number of benzene rings is 1. The molecule has 5 heteroatoms. The van der Waals surface area contributed by atoms with Crippen molar-refractivity contribution in [1.82, 2.24) is 10.2 Å². The van der Waals surface area contributed by atoms with Crippen LogP contribution in [-0.4, -0.2) is 42.8 Å². The fourth-order valence-electron chi connectivity index (χ4n) is 2.05. The lowest BCUT2D eigenvalue weighted by atomic mass is 10.1. The lowest BCUT2D eigenvalue weighted by molar-refractivity contribution is 0.233. The third kappa shape index (κ3) is 6.41. The third-order valence-electron chi connectivity index (χ3n) is 3.01. The normalized spacial score (nSPS) is 15.8. The third-order valence-corrected chi connectivity index (χ3v) is 3.01. The van der Waals surface area contributed by atoms with E-state index in [-0.39, 0.29) is 31.4 Å². The van der Waals surface area contributed by atoms with Crippen molar-refractivity contribution in [3.63, 3.8) is 0 Å². The van der Waals surface area contributed by atoms with E-state index in [0.717, 1.165) is 38.3 Å². The minimum absolute atomic E-state index is 0. The Morgan fingerprint density at radius 3 is 2.32 bits per heavy atom. The number of hydrogen-bond donors (Lipinski definition) is 2. The summed E-state index contributed by atoms with van der Waals surface area (Å²) in [5.41, 5.74) is 2.50. The minimum Gasteiger partial charge on any atom is -0.392 e. The molecule has 0 saturated carbocycles. The monoisotopic (exact) mass is 304 g/mol. The van der Waals surface area contributed by atoms with E-state index in [4.69, 9.17) is 5.11 Å². The molecule has 1 aromatic rings. The van der Waals surface area contributed by atoms with Gasteiger partial charge in [0.1, 0.15) is 0 Å². The summed E-state index contributed by atoms with van der Waals surface area (Å²) in [6.45, 7) is 5.58. The Bertz CT molecular complexity index is 362. The van der Waals surface area contributed by atoms with Crippen molar-refractivity contribution in [2.45, 2.75) is 6.54 Å². The number of aliphatic hydroxyl groups is 1. The van der Waals surface area contributed by atoms with E-state index in [9.17, 15) is 0 Å². The molecule has 108 valence electrons. The maximum Gasteiger partial charge on any atom is 0.0615 e. The van der Waals surface area contributed by atoms with Crippen molar-refractivity contribution >= 4 is 30.9 Å². The number of rotatable bonds is 4. The van der Waals surface area contributed by atoms with E-state index in [2.05, 4.69) is 34.5 Å². The van der Waals surface area contributed by atoms with E-state index < -0.39 is 0 Å².